The van der Waals surface area contributed by atoms with Crippen LogP contribution in [-0.4, -0.2) is 31.5 Å². The Labute approximate surface area is 189 Å². The van der Waals surface area contributed by atoms with Crippen molar-refractivity contribution in [3.63, 3.8) is 0 Å². The Morgan fingerprint density at radius 1 is 1.22 bits per heavy atom. The maximum absolute atomic E-state index is 12.9. The highest BCUT2D eigenvalue weighted by Gasteiger charge is 2.48. The summed E-state index contributed by atoms with van der Waals surface area (Å²) < 4.78 is 45.0. The molecule has 1 spiro atoms. The molecule has 1 atom stereocenters. The molecule has 0 aromatic heterocycles. The molecule has 1 aromatic rings. The van der Waals surface area contributed by atoms with Gasteiger partial charge < -0.3 is 10.1 Å². The second kappa shape index (κ2) is 10.8. The monoisotopic (exact) mass is 448 g/mol. The van der Waals surface area contributed by atoms with Crippen LogP contribution in [0.15, 0.2) is 53.7 Å². The van der Waals surface area contributed by atoms with Crippen LogP contribution in [-0.2, 0) is 17.3 Å². The fourth-order valence-corrected chi connectivity index (χ4v) is 5.11. The standard InChI is InChI=1S/C26H35F3N2O/c1-3-4-15-31-21(2)24(14-18-32-25(20-24)11-5-6-12-25)13-17-30-16-10-22-8-7-9-23(19-22)26(27,28)29/h3-4,7-9,15,19,30H,2,5-6,10-14,16-18,20H2,1H3/b4-3-,31-15?/t24-/m1/s1. The zero-order chi connectivity index (χ0) is 23.1. The van der Waals surface area contributed by atoms with E-state index in [0.717, 1.165) is 57.0 Å². The van der Waals surface area contributed by atoms with Crippen molar-refractivity contribution in [1.82, 2.24) is 5.32 Å². The Bertz CT molecular complexity index is 825. The first-order valence-corrected chi connectivity index (χ1v) is 11.6. The van der Waals surface area contributed by atoms with E-state index in [0.29, 0.717) is 18.5 Å². The molecule has 3 nitrogen and oxygen atoms in total. The summed E-state index contributed by atoms with van der Waals surface area (Å²) in [4.78, 5) is 4.65. The summed E-state index contributed by atoms with van der Waals surface area (Å²) in [7, 11) is 0. The molecule has 2 fully saturated rings. The molecule has 0 radical (unpaired) electrons. The molecule has 2 aliphatic rings. The third-order valence-electron chi connectivity index (χ3n) is 6.91. The predicted molar refractivity (Wildman–Crippen MR) is 124 cm³/mol. The van der Waals surface area contributed by atoms with Gasteiger partial charge in [0.15, 0.2) is 0 Å². The second-order valence-electron chi connectivity index (χ2n) is 9.14. The molecule has 3 rings (SSSR count). The number of nitrogens with zero attached hydrogens (tertiary/aromatic N) is 1. The van der Waals surface area contributed by atoms with E-state index in [4.69, 9.17) is 4.74 Å². The van der Waals surface area contributed by atoms with Crippen LogP contribution in [0.25, 0.3) is 0 Å². The predicted octanol–water partition coefficient (Wildman–Crippen LogP) is 6.50. The second-order valence-corrected chi connectivity index (χ2v) is 9.14. The largest absolute Gasteiger partial charge is 0.416 e. The summed E-state index contributed by atoms with van der Waals surface area (Å²) in [6.07, 6.45) is 9.28. The first kappa shape index (κ1) is 24.7. The van der Waals surface area contributed by atoms with Crippen molar-refractivity contribution in [1.29, 1.82) is 0 Å². The number of alkyl halides is 3. The van der Waals surface area contributed by atoms with Crippen LogP contribution in [0.1, 0.15) is 63.0 Å². The number of nitrogens with one attached hydrogen (secondary N) is 1. The average molecular weight is 449 g/mol. The molecule has 176 valence electrons. The third-order valence-corrected chi connectivity index (χ3v) is 6.91. The van der Waals surface area contributed by atoms with Crippen molar-refractivity contribution in [2.75, 3.05) is 19.7 Å². The fourth-order valence-electron chi connectivity index (χ4n) is 5.11. The highest BCUT2D eigenvalue weighted by atomic mass is 19.4. The van der Waals surface area contributed by atoms with E-state index in [1.807, 2.05) is 25.3 Å². The van der Waals surface area contributed by atoms with Crippen molar-refractivity contribution < 1.29 is 17.9 Å². The summed E-state index contributed by atoms with van der Waals surface area (Å²) in [5.74, 6) is 0. The minimum Gasteiger partial charge on any atom is -0.375 e. The molecule has 0 unspecified atom stereocenters. The summed E-state index contributed by atoms with van der Waals surface area (Å²) in [6, 6.07) is 5.58. The fraction of sp³-hybridized carbons (Fsp3) is 0.577. The lowest BCUT2D eigenvalue weighted by atomic mass is 9.68. The van der Waals surface area contributed by atoms with Gasteiger partial charge in [0.1, 0.15) is 0 Å². The van der Waals surface area contributed by atoms with Gasteiger partial charge in [0.2, 0.25) is 0 Å². The van der Waals surface area contributed by atoms with Gasteiger partial charge in [-0.1, -0.05) is 43.7 Å². The van der Waals surface area contributed by atoms with Crippen molar-refractivity contribution in [3.05, 3.63) is 59.8 Å². The topological polar surface area (TPSA) is 33.6 Å². The Morgan fingerprint density at radius 2 is 2.00 bits per heavy atom. The van der Waals surface area contributed by atoms with Crippen molar-refractivity contribution >= 4 is 6.21 Å². The first-order valence-electron chi connectivity index (χ1n) is 11.6. The number of allylic oxidation sites excluding steroid dienone is 3. The van der Waals surface area contributed by atoms with Gasteiger partial charge in [0, 0.05) is 23.9 Å². The lowest BCUT2D eigenvalue weighted by molar-refractivity contribution is -0.137. The smallest absolute Gasteiger partial charge is 0.375 e. The molecule has 1 aromatic carbocycles. The van der Waals surface area contributed by atoms with Gasteiger partial charge in [-0.2, -0.15) is 13.2 Å². The number of aliphatic imine (C=N–C) groups is 1. The molecule has 0 amide bonds. The lowest BCUT2D eigenvalue weighted by Crippen LogP contribution is -2.45. The van der Waals surface area contributed by atoms with E-state index in [2.05, 4.69) is 16.9 Å². The third kappa shape index (κ3) is 6.32. The van der Waals surface area contributed by atoms with Gasteiger partial charge in [-0.05, 0) is 76.2 Å². The molecule has 6 heteroatoms. The number of halogens is 3. The number of hydrogen-bond donors (Lipinski definition) is 1. The summed E-state index contributed by atoms with van der Waals surface area (Å²) in [5, 5.41) is 3.44. The zero-order valence-electron chi connectivity index (χ0n) is 19.0. The molecular formula is C26H35F3N2O. The molecular weight excluding hydrogens is 413 g/mol. The molecule has 0 bridgehead atoms. The average Bonchev–Trinajstić information content (AvgIpc) is 3.20. The maximum atomic E-state index is 12.9. The van der Waals surface area contributed by atoms with E-state index in [1.54, 1.807) is 6.07 Å². The number of hydrogen-bond acceptors (Lipinski definition) is 3. The van der Waals surface area contributed by atoms with Crippen molar-refractivity contribution in [2.45, 2.75) is 70.1 Å². The van der Waals surface area contributed by atoms with Crippen LogP contribution >= 0.6 is 0 Å². The van der Waals surface area contributed by atoms with Gasteiger partial charge in [0.05, 0.1) is 11.2 Å². The molecule has 1 aliphatic heterocycles. The highest BCUT2D eigenvalue weighted by molar-refractivity contribution is 5.72. The molecule has 1 aliphatic carbocycles. The number of rotatable bonds is 9. The van der Waals surface area contributed by atoms with Crippen LogP contribution < -0.4 is 5.32 Å². The van der Waals surface area contributed by atoms with E-state index < -0.39 is 11.7 Å². The van der Waals surface area contributed by atoms with Gasteiger partial charge in [0.25, 0.3) is 0 Å². The van der Waals surface area contributed by atoms with Gasteiger partial charge in [-0.25, -0.2) is 0 Å². The van der Waals surface area contributed by atoms with E-state index in [1.165, 1.54) is 25.0 Å². The molecule has 32 heavy (non-hydrogen) atoms. The zero-order valence-corrected chi connectivity index (χ0v) is 19.0. The number of ether oxygens (including phenoxy) is 1. The highest BCUT2D eigenvalue weighted by Crippen LogP contribution is 2.52. The molecule has 1 saturated heterocycles. The quantitative estimate of drug-likeness (QED) is 0.346. The summed E-state index contributed by atoms with van der Waals surface area (Å²) in [5.41, 5.74) is 0.857. The SMILES string of the molecule is C=C(N=C/C=C\C)[C@]1(CCNCCc2cccc(C(F)(F)F)c2)CCOC2(CCCC2)C1. The van der Waals surface area contributed by atoms with Gasteiger partial charge in [-0.15, -0.1) is 0 Å². The van der Waals surface area contributed by atoms with Crippen LogP contribution in [0.2, 0.25) is 0 Å². The van der Waals surface area contributed by atoms with Crippen molar-refractivity contribution in [3.8, 4) is 0 Å². The van der Waals surface area contributed by atoms with Crippen LogP contribution in [0, 0.1) is 5.41 Å². The van der Waals surface area contributed by atoms with Gasteiger partial charge in [-0.3, -0.25) is 4.99 Å². The lowest BCUT2D eigenvalue weighted by Gasteiger charge is -2.47. The van der Waals surface area contributed by atoms with Gasteiger partial charge >= 0.3 is 6.18 Å². The summed E-state index contributed by atoms with van der Waals surface area (Å²) >= 11 is 0. The van der Waals surface area contributed by atoms with Crippen molar-refractivity contribution in [2.24, 2.45) is 10.4 Å². The molecule has 1 saturated carbocycles. The number of benzene rings is 1. The summed E-state index contributed by atoms with van der Waals surface area (Å²) in [6.45, 7) is 8.42. The Balaban J connectivity index is 1.59. The molecule has 1 N–H and O–H groups in total. The first-order chi connectivity index (χ1) is 15.3. The van der Waals surface area contributed by atoms with E-state index in [9.17, 15) is 13.2 Å². The van der Waals surface area contributed by atoms with Crippen LogP contribution in [0.3, 0.4) is 0 Å². The van der Waals surface area contributed by atoms with Crippen LogP contribution in [0.4, 0.5) is 13.2 Å². The van der Waals surface area contributed by atoms with E-state index >= 15 is 0 Å². The Kier molecular flexibility index (Phi) is 8.34. The van der Waals surface area contributed by atoms with E-state index in [-0.39, 0.29) is 11.0 Å². The minimum atomic E-state index is -4.30. The normalized spacial score (nSPS) is 23.5. The van der Waals surface area contributed by atoms with Crippen LogP contribution in [0.5, 0.6) is 0 Å². The Morgan fingerprint density at radius 3 is 2.72 bits per heavy atom. The maximum Gasteiger partial charge on any atom is 0.416 e. The Hall–Kier alpha value is -1.92. The molecule has 1 heterocycles. The minimum absolute atomic E-state index is 0.0463.